The third kappa shape index (κ3) is 3.58. The van der Waals surface area contributed by atoms with Gasteiger partial charge in [0.25, 0.3) is 0 Å². The van der Waals surface area contributed by atoms with Gasteiger partial charge in [0.2, 0.25) is 0 Å². The van der Waals surface area contributed by atoms with E-state index in [4.69, 9.17) is 39.5 Å². The zero-order chi connectivity index (χ0) is 14.7. The fourth-order valence-electron chi connectivity index (χ4n) is 1.80. The highest BCUT2D eigenvalue weighted by molar-refractivity contribution is 6.35. The van der Waals surface area contributed by atoms with Gasteiger partial charge in [0.15, 0.2) is 0 Å². The fraction of sp³-hybridized carbons (Fsp3) is 0.200. The van der Waals surface area contributed by atoms with Crippen molar-refractivity contribution in [1.29, 1.82) is 0 Å². The summed E-state index contributed by atoms with van der Waals surface area (Å²) in [4.78, 5) is 0. The largest absolute Gasteiger partial charge is 0.488 e. The lowest BCUT2D eigenvalue weighted by atomic mass is 10.1. The maximum atomic E-state index is 9.74. The Balaban J connectivity index is 2.23. The molecule has 5 heteroatoms. The summed E-state index contributed by atoms with van der Waals surface area (Å²) in [7, 11) is 0. The first-order valence-electron chi connectivity index (χ1n) is 6.02. The monoisotopic (exact) mass is 330 g/mol. The average molecular weight is 332 g/mol. The van der Waals surface area contributed by atoms with Crippen LogP contribution in [0.3, 0.4) is 0 Å². The van der Waals surface area contributed by atoms with Crippen molar-refractivity contribution in [2.75, 3.05) is 0 Å². The molecule has 2 aromatic rings. The van der Waals surface area contributed by atoms with Gasteiger partial charge in [0, 0.05) is 26.2 Å². The van der Waals surface area contributed by atoms with Gasteiger partial charge in [-0.2, -0.15) is 0 Å². The second-order valence-electron chi connectivity index (χ2n) is 4.35. The van der Waals surface area contributed by atoms with Crippen LogP contribution >= 0.6 is 34.8 Å². The molecule has 106 valence electrons. The van der Waals surface area contributed by atoms with Gasteiger partial charge in [-0.15, -0.1) is 0 Å². The third-order valence-electron chi connectivity index (χ3n) is 2.86. The molecule has 2 rings (SSSR count). The van der Waals surface area contributed by atoms with E-state index in [1.54, 1.807) is 43.3 Å². The van der Waals surface area contributed by atoms with Crippen LogP contribution in [0.1, 0.15) is 24.2 Å². The summed E-state index contributed by atoms with van der Waals surface area (Å²) < 4.78 is 5.71. The molecule has 1 atom stereocenters. The molecule has 0 unspecified atom stereocenters. The number of benzene rings is 2. The first-order chi connectivity index (χ1) is 9.49. The highest BCUT2D eigenvalue weighted by Crippen LogP contribution is 2.31. The zero-order valence-corrected chi connectivity index (χ0v) is 13.0. The number of hydrogen-bond acceptors (Lipinski definition) is 2. The van der Waals surface area contributed by atoms with Crippen LogP contribution in [0.5, 0.6) is 5.75 Å². The lowest BCUT2D eigenvalue weighted by molar-refractivity contribution is 0.190. The Labute approximate surface area is 132 Å². The van der Waals surface area contributed by atoms with Gasteiger partial charge in [-0.25, -0.2) is 0 Å². The molecule has 0 aromatic heterocycles. The van der Waals surface area contributed by atoms with Gasteiger partial charge in [-0.1, -0.05) is 40.9 Å². The molecule has 2 aromatic carbocycles. The van der Waals surface area contributed by atoms with Gasteiger partial charge >= 0.3 is 0 Å². The molecule has 0 radical (unpaired) electrons. The molecule has 0 saturated carbocycles. The Hall–Kier alpha value is -0.930. The van der Waals surface area contributed by atoms with Crippen molar-refractivity contribution in [1.82, 2.24) is 0 Å². The van der Waals surface area contributed by atoms with Crippen LogP contribution in [-0.4, -0.2) is 5.11 Å². The maximum Gasteiger partial charge on any atom is 0.125 e. The lowest BCUT2D eigenvalue weighted by Crippen LogP contribution is -2.02. The Morgan fingerprint density at radius 1 is 1.10 bits per heavy atom. The quantitative estimate of drug-likeness (QED) is 0.826. The Morgan fingerprint density at radius 3 is 2.35 bits per heavy atom. The van der Waals surface area contributed by atoms with Crippen LogP contribution in [0.25, 0.3) is 0 Å². The van der Waals surface area contributed by atoms with Crippen LogP contribution in [-0.2, 0) is 6.61 Å². The smallest absolute Gasteiger partial charge is 0.125 e. The second kappa shape index (κ2) is 6.68. The van der Waals surface area contributed by atoms with Gasteiger partial charge in [-0.3, -0.25) is 0 Å². The molecular weight excluding hydrogens is 319 g/mol. The van der Waals surface area contributed by atoms with Crippen LogP contribution < -0.4 is 4.74 Å². The molecule has 0 heterocycles. The van der Waals surface area contributed by atoms with E-state index in [0.717, 1.165) is 0 Å². The predicted octanol–water partition coefficient (Wildman–Crippen LogP) is 5.28. The van der Waals surface area contributed by atoms with Gasteiger partial charge < -0.3 is 9.84 Å². The predicted molar refractivity (Wildman–Crippen MR) is 82.9 cm³/mol. The molecule has 0 aliphatic rings. The van der Waals surface area contributed by atoms with Crippen LogP contribution in [0, 0.1) is 0 Å². The van der Waals surface area contributed by atoms with E-state index >= 15 is 0 Å². The van der Waals surface area contributed by atoms with Gasteiger partial charge in [0.1, 0.15) is 12.4 Å². The topological polar surface area (TPSA) is 29.5 Å². The minimum atomic E-state index is -0.676. The summed E-state index contributed by atoms with van der Waals surface area (Å²) in [6.45, 7) is 1.88. The summed E-state index contributed by atoms with van der Waals surface area (Å²) in [6, 6.07) is 10.4. The number of ether oxygens (including phenoxy) is 1. The first-order valence-corrected chi connectivity index (χ1v) is 7.15. The van der Waals surface area contributed by atoms with Crippen molar-refractivity contribution in [3.05, 3.63) is 62.6 Å². The molecule has 0 spiro atoms. The summed E-state index contributed by atoms with van der Waals surface area (Å²) in [5.74, 6) is 0.556. The summed E-state index contributed by atoms with van der Waals surface area (Å²) in [5, 5.41) is 11.4. The minimum absolute atomic E-state index is 0.222. The van der Waals surface area contributed by atoms with Crippen molar-refractivity contribution in [3.63, 3.8) is 0 Å². The molecule has 2 nitrogen and oxygen atoms in total. The van der Waals surface area contributed by atoms with E-state index in [-0.39, 0.29) is 6.61 Å². The summed E-state index contributed by atoms with van der Waals surface area (Å²) >= 11 is 18.1. The highest BCUT2D eigenvalue weighted by Gasteiger charge is 2.12. The molecule has 0 aliphatic heterocycles. The number of hydrogen-bond donors (Lipinski definition) is 1. The first kappa shape index (κ1) is 15.5. The second-order valence-corrected chi connectivity index (χ2v) is 5.60. The van der Waals surface area contributed by atoms with Crippen molar-refractivity contribution in [2.45, 2.75) is 19.6 Å². The van der Waals surface area contributed by atoms with Crippen molar-refractivity contribution >= 4 is 34.8 Å². The van der Waals surface area contributed by atoms with E-state index in [0.29, 0.717) is 31.9 Å². The van der Waals surface area contributed by atoms with E-state index in [1.807, 2.05) is 0 Å². The molecule has 0 bridgehead atoms. The van der Waals surface area contributed by atoms with Gasteiger partial charge in [0.05, 0.1) is 6.10 Å². The number of aliphatic hydroxyl groups excluding tert-OH is 1. The molecular formula is C15H13Cl3O2. The summed E-state index contributed by atoms with van der Waals surface area (Å²) in [5.41, 5.74) is 1.34. The third-order valence-corrected chi connectivity index (χ3v) is 3.80. The molecule has 20 heavy (non-hydrogen) atoms. The molecule has 1 N–H and O–H groups in total. The standard InChI is InChI=1S/C15H13Cl3O2/c1-9(19)11-7-10(16)5-6-15(11)20-8-12-13(17)3-2-4-14(12)18/h2-7,9,19H,8H2,1H3/t9-/m0/s1. The minimum Gasteiger partial charge on any atom is -0.488 e. The van der Waals surface area contributed by atoms with Crippen LogP contribution in [0.15, 0.2) is 36.4 Å². The van der Waals surface area contributed by atoms with Crippen LogP contribution in [0.2, 0.25) is 15.1 Å². The molecule has 0 saturated heterocycles. The van der Waals surface area contributed by atoms with E-state index in [2.05, 4.69) is 0 Å². The zero-order valence-electron chi connectivity index (χ0n) is 10.7. The maximum absolute atomic E-state index is 9.74. The molecule has 0 amide bonds. The van der Waals surface area contributed by atoms with E-state index in [1.165, 1.54) is 0 Å². The number of aliphatic hydroxyl groups is 1. The van der Waals surface area contributed by atoms with Crippen molar-refractivity contribution in [2.24, 2.45) is 0 Å². The van der Waals surface area contributed by atoms with E-state index in [9.17, 15) is 5.11 Å². The Bertz CT molecular complexity index is 592. The Morgan fingerprint density at radius 2 is 1.75 bits per heavy atom. The average Bonchev–Trinajstić information content (AvgIpc) is 2.39. The molecule has 0 aliphatic carbocycles. The lowest BCUT2D eigenvalue weighted by Gasteiger charge is -2.15. The Kier molecular flexibility index (Phi) is 5.17. The number of halogens is 3. The van der Waals surface area contributed by atoms with Crippen molar-refractivity contribution in [3.8, 4) is 5.75 Å². The fourth-order valence-corrected chi connectivity index (χ4v) is 2.48. The normalized spacial score (nSPS) is 12.2. The van der Waals surface area contributed by atoms with Crippen molar-refractivity contribution < 1.29 is 9.84 Å². The SMILES string of the molecule is C[C@H](O)c1cc(Cl)ccc1OCc1c(Cl)cccc1Cl. The number of rotatable bonds is 4. The highest BCUT2D eigenvalue weighted by atomic mass is 35.5. The molecule has 0 fully saturated rings. The van der Waals surface area contributed by atoms with E-state index < -0.39 is 6.10 Å². The van der Waals surface area contributed by atoms with Crippen LogP contribution in [0.4, 0.5) is 0 Å². The van der Waals surface area contributed by atoms with Gasteiger partial charge in [-0.05, 0) is 37.3 Å². The summed E-state index contributed by atoms with van der Waals surface area (Å²) in [6.07, 6.45) is -0.676.